The van der Waals surface area contributed by atoms with Crippen molar-refractivity contribution in [1.29, 1.82) is 0 Å². The van der Waals surface area contributed by atoms with Crippen LogP contribution in [0.1, 0.15) is 105 Å². The zero-order valence-corrected chi connectivity index (χ0v) is 32.2. The second-order valence-corrected chi connectivity index (χ2v) is 15.7. The van der Waals surface area contributed by atoms with Gasteiger partial charge in [0.25, 0.3) is 0 Å². The van der Waals surface area contributed by atoms with Gasteiger partial charge in [0.15, 0.2) is 0 Å². The number of nitrogens with zero attached hydrogens (tertiary/aromatic N) is 4. The van der Waals surface area contributed by atoms with Crippen molar-refractivity contribution in [3.05, 3.63) is 72.9 Å². The topological polar surface area (TPSA) is 113 Å². The number of aliphatic hydroxyl groups excluding tert-OH is 1. The maximum Gasteiger partial charge on any atom is 0.336 e. The van der Waals surface area contributed by atoms with Crippen LogP contribution in [0, 0.1) is 23.2 Å². The molecule has 5 atom stereocenters. The number of hydrogen-bond acceptors (Lipinski definition) is 6. The maximum atomic E-state index is 13.8. The zero-order valence-electron chi connectivity index (χ0n) is 32.2. The van der Waals surface area contributed by atoms with Crippen LogP contribution in [0.2, 0.25) is 0 Å². The Balaban J connectivity index is 2.31. The minimum Gasteiger partial charge on any atom is -0.462 e. The number of likely N-dealkylation sites (N-methyl/N-ethyl adjacent to an activating group) is 1. The van der Waals surface area contributed by atoms with E-state index in [1.54, 1.807) is 0 Å². The first-order valence-electron chi connectivity index (χ1n) is 18.3. The van der Waals surface area contributed by atoms with E-state index in [4.69, 9.17) is 4.74 Å². The summed E-state index contributed by atoms with van der Waals surface area (Å²) in [6.45, 7) is 19.5. The molecular formula is C39H65N4O6+. The second kappa shape index (κ2) is 18.7. The Hall–Kier alpha value is -3.24. The van der Waals surface area contributed by atoms with E-state index in [-0.39, 0.29) is 44.0 Å². The van der Waals surface area contributed by atoms with Gasteiger partial charge in [-0.3, -0.25) is 4.79 Å². The van der Waals surface area contributed by atoms with E-state index in [0.29, 0.717) is 29.8 Å². The third-order valence-corrected chi connectivity index (χ3v) is 9.62. The largest absolute Gasteiger partial charge is 0.462 e. The molecule has 1 aromatic carbocycles. The highest BCUT2D eigenvalue weighted by Gasteiger charge is 2.36. The molecule has 0 aliphatic rings. The summed E-state index contributed by atoms with van der Waals surface area (Å²) in [5.74, 6) is -0.369. The Kier molecular flexibility index (Phi) is 16.0. The second-order valence-electron chi connectivity index (χ2n) is 15.7. The van der Waals surface area contributed by atoms with Crippen LogP contribution in [0.4, 0.5) is 0 Å². The molecule has 10 nitrogen and oxygen atoms in total. The quantitative estimate of drug-likeness (QED) is 0.145. The number of rotatable bonds is 20. The normalized spacial score (nSPS) is 16.0. The van der Waals surface area contributed by atoms with Gasteiger partial charge in [-0.2, -0.15) is 0 Å². The van der Waals surface area contributed by atoms with Gasteiger partial charge in [0.05, 0.1) is 26.1 Å². The molecule has 276 valence electrons. The zero-order chi connectivity index (χ0) is 37.1. The number of carbonyl (C=O) groups excluding carboxylic acids is 1. The highest BCUT2D eigenvalue weighted by molar-refractivity contribution is 5.76. The molecule has 1 N–H and O–H groups in total. The van der Waals surface area contributed by atoms with Crippen LogP contribution in [-0.4, -0.2) is 69.2 Å². The highest BCUT2D eigenvalue weighted by Crippen LogP contribution is 2.32. The van der Waals surface area contributed by atoms with Crippen molar-refractivity contribution in [3.8, 4) is 0 Å². The van der Waals surface area contributed by atoms with Crippen LogP contribution in [0.15, 0.2) is 44.7 Å². The standard InChI is InChI=1S/C39H65N4O6/c1-12-20-43(10,11)26-34(44)27-49-35(45)39(9,14-3)22-30(7)25-42-37(47)40(23-28(4)5)36(46)41(38(42)48)24-29(6)18-19-32-16-15-17-33(21-32)31(8)13-2/h15-19,21,28-31,34,44H,12-14,20,22-27H2,1-11H3/q+1/b19-18+. The third-order valence-electron chi connectivity index (χ3n) is 9.62. The molecule has 1 heterocycles. The molecule has 49 heavy (non-hydrogen) atoms. The van der Waals surface area contributed by atoms with Crippen molar-refractivity contribution in [2.45, 2.75) is 120 Å². The molecule has 1 aromatic heterocycles. The first kappa shape index (κ1) is 41.9. The van der Waals surface area contributed by atoms with Crippen LogP contribution in [-0.2, 0) is 29.2 Å². The van der Waals surface area contributed by atoms with Gasteiger partial charge in [0, 0.05) is 19.6 Å². The summed E-state index contributed by atoms with van der Waals surface area (Å²) in [4.78, 5) is 54.3. The Morgan fingerprint density at radius 3 is 2.08 bits per heavy atom. The number of quaternary nitrogens is 1. The molecule has 0 spiro atoms. The number of ether oxygens (including phenoxy) is 1. The molecular weight excluding hydrogens is 620 g/mol. The van der Waals surface area contributed by atoms with Gasteiger partial charge in [-0.05, 0) is 67.4 Å². The van der Waals surface area contributed by atoms with Gasteiger partial charge >= 0.3 is 23.0 Å². The van der Waals surface area contributed by atoms with Crippen LogP contribution in [0.3, 0.4) is 0 Å². The molecule has 2 aromatic rings. The van der Waals surface area contributed by atoms with Crippen LogP contribution in [0.5, 0.6) is 0 Å². The van der Waals surface area contributed by atoms with Gasteiger partial charge in [-0.25, -0.2) is 28.1 Å². The monoisotopic (exact) mass is 685 g/mol. The smallest absolute Gasteiger partial charge is 0.336 e. The lowest BCUT2D eigenvalue weighted by Crippen LogP contribution is -2.56. The van der Waals surface area contributed by atoms with E-state index in [2.05, 4.69) is 32.9 Å². The predicted octanol–water partition coefficient (Wildman–Crippen LogP) is 5.52. The molecule has 0 radical (unpaired) electrons. The fraction of sp³-hybridized carbons (Fsp3) is 0.692. The number of allylic oxidation sites excluding steroid dienone is 1. The number of benzene rings is 1. The third kappa shape index (κ3) is 12.2. The fourth-order valence-corrected chi connectivity index (χ4v) is 6.53. The van der Waals surface area contributed by atoms with Crippen LogP contribution < -0.4 is 17.1 Å². The summed E-state index contributed by atoms with van der Waals surface area (Å²) in [5, 5.41) is 10.6. The van der Waals surface area contributed by atoms with E-state index < -0.39 is 34.6 Å². The molecule has 2 rings (SSSR count). The Bertz CT molecular complexity index is 1570. The molecule has 5 unspecified atom stereocenters. The summed E-state index contributed by atoms with van der Waals surface area (Å²) >= 11 is 0. The minimum atomic E-state index is -0.881. The van der Waals surface area contributed by atoms with Crippen molar-refractivity contribution in [2.75, 3.05) is 33.8 Å². The van der Waals surface area contributed by atoms with E-state index in [0.717, 1.165) is 34.1 Å². The lowest BCUT2D eigenvalue weighted by atomic mass is 9.79. The summed E-state index contributed by atoms with van der Waals surface area (Å²) in [6.07, 6.45) is 6.10. The Morgan fingerprint density at radius 2 is 1.53 bits per heavy atom. The minimum absolute atomic E-state index is 0.0113. The average Bonchev–Trinajstić information content (AvgIpc) is 3.04. The number of aromatic nitrogens is 3. The summed E-state index contributed by atoms with van der Waals surface area (Å²) in [5.41, 5.74) is -0.436. The van der Waals surface area contributed by atoms with Crippen LogP contribution >= 0.6 is 0 Å². The lowest BCUT2D eigenvalue weighted by molar-refractivity contribution is -0.893. The van der Waals surface area contributed by atoms with Crippen molar-refractivity contribution >= 4 is 12.0 Å². The number of aliphatic hydroxyl groups is 1. The predicted molar refractivity (Wildman–Crippen MR) is 199 cm³/mol. The molecule has 0 bridgehead atoms. The molecule has 0 amide bonds. The first-order valence-corrected chi connectivity index (χ1v) is 18.3. The highest BCUT2D eigenvalue weighted by atomic mass is 16.5. The summed E-state index contributed by atoms with van der Waals surface area (Å²) < 4.78 is 9.74. The number of carbonyl (C=O) groups is 1. The van der Waals surface area contributed by atoms with Crippen molar-refractivity contribution in [1.82, 2.24) is 13.7 Å². The van der Waals surface area contributed by atoms with Gasteiger partial charge in [0.1, 0.15) is 19.3 Å². The summed E-state index contributed by atoms with van der Waals surface area (Å²) in [6, 6.07) is 8.37. The van der Waals surface area contributed by atoms with Crippen molar-refractivity contribution < 1.29 is 19.1 Å². The van der Waals surface area contributed by atoms with E-state index in [1.165, 1.54) is 10.1 Å². The molecule has 10 heteroatoms. The number of esters is 1. The van der Waals surface area contributed by atoms with Crippen molar-refractivity contribution in [2.24, 2.45) is 23.2 Å². The van der Waals surface area contributed by atoms with Gasteiger partial charge < -0.3 is 14.3 Å². The van der Waals surface area contributed by atoms with E-state index in [1.807, 2.05) is 79.9 Å². The molecule has 0 aliphatic heterocycles. The van der Waals surface area contributed by atoms with Gasteiger partial charge in [-0.15, -0.1) is 0 Å². The Morgan fingerprint density at radius 1 is 0.939 bits per heavy atom. The first-order chi connectivity index (χ1) is 22.9. The molecule has 0 saturated carbocycles. The van der Waals surface area contributed by atoms with Crippen molar-refractivity contribution in [3.63, 3.8) is 0 Å². The molecule has 0 saturated heterocycles. The van der Waals surface area contributed by atoms with Gasteiger partial charge in [0.2, 0.25) is 0 Å². The summed E-state index contributed by atoms with van der Waals surface area (Å²) in [7, 11) is 4.08. The van der Waals surface area contributed by atoms with Crippen LogP contribution in [0.25, 0.3) is 6.08 Å². The van der Waals surface area contributed by atoms with E-state index in [9.17, 15) is 24.3 Å². The van der Waals surface area contributed by atoms with E-state index >= 15 is 0 Å². The maximum absolute atomic E-state index is 13.8. The lowest BCUT2D eigenvalue weighted by Gasteiger charge is -2.32. The number of hydrogen-bond donors (Lipinski definition) is 1. The average molecular weight is 686 g/mol. The fourth-order valence-electron chi connectivity index (χ4n) is 6.53. The molecule has 0 aliphatic carbocycles. The molecule has 0 fully saturated rings. The SMILES string of the molecule is CCC[N+](C)(C)CC(O)COC(=O)C(C)(CC)CC(C)Cn1c(=O)n(CC(C)C)c(=O)n(CC(C)/C=C/c2cccc(C(C)CC)c2)c1=O. The Labute approximate surface area is 294 Å². The van der Waals surface area contributed by atoms with Gasteiger partial charge in [-0.1, -0.05) is 91.8 Å².